The molecule has 0 aromatic rings. The molecule has 7 heteroatoms. The van der Waals surface area contributed by atoms with Gasteiger partial charge in [-0.25, -0.2) is 29.1 Å². The minimum absolute atomic E-state index is 0.492. The van der Waals surface area contributed by atoms with E-state index in [1.54, 1.807) is 0 Å². The van der Waals surface area contributed by atoms with Crippen molar-refractivity contribution in [2.45, 2.75) is 119 Å². The Labute approximate surface area is 193 Å². The monoisotopic (exact) mass is 446 g/mol. The van der Waals surface area contributed by atoms with E-state index in [4.69, 9.17) is 29.1 Å². The summed E-state index contributed by atoms with van der Waals surface area (Å²) in [6, 6.07) is 0. The summed E-state index contributed by atoms with van der Waals surface area (Å²) in [6.07, 6.45) is 13.5. The van der Waals surface area contributed by atoms with Gasteiger partial charge in [-0.2, -0.15) is 0 Å². The lowest BCUT2D eigenvalue weighted by Gasteiger charge is -2.12. The third-order valence-corrected chi connectivity index (χ3v) is 4.97. The molecule has 31 heavy (non-hydrogen) atoms. The van der Waals surface area contributed by atoms with E-state index in [0.29, 0.717) is 19.8 Å². The van der Waals surface area contributed by atoms with E-state index in [1.807, 2.05) is 0 Å². The number of rotatable bonds is 24. The molecule has 0 heterocycles. The Hall–Kier alpha value is -0.175. The van der Waals surface area contributed by atoms with E-state index in [9.17, 15) is 0 Å². The molecular weight excluding hydrogens is 395 g/mol. The quantitative estimate of drug-likeness (QED) is 0.0664. The second-order valence-electron chi connectivity index (χ2n) is 9.77. The molecule has 0 aromatic heterocycles. The van der Waals surface area contributed by atoms with Crippen LogP contribution in [0.4, 0.5) is 0 Å². The van der Waals surface area contributed by atoms with E-state index in [1.165, 1.54) is 38.5 Å². The largest absolute Gasteiger partial charge is 0.725 e. The van der Waals surface area contributed by atoms with Gasteiger partial charge in [0.2, 0.25) is 0 Å². The molecule has 0 saturated carbocycles. The zero-order valence-electron chi connectivity index (χ0n) is 21.4. The Morgan fingerprint density at radius 1 is 0.419 bits per heavy atom. The summed E-state index contributed by atoms with van der Waals surface area (Å²) >= 11 is 0. The van der Waals surface area contributed by atoms with Crippen molar-refractivity contribution in [2.75, 3.05) is 19.8 Å². The average Bonchev–Trinajstić information content (AvgIpc) is 2.70. The van der Waals surface area contributed by atoms with Crippen molar-refractivity contribution in [1.29, 1.82) is 0 Å². The van der Waals surface area contributed by atoms with Gasteiger partial charge in [0.15, 0.2) is 0 Å². The first-order valence-corrected chi connectivity index (χ1v) is 12.8. The lowest BCUT2D eigenvalue weighted by Crippen LogP contribution is -2.28. The summed E-state index contributed by atoms with van der Waals surface area (Å²) in [5.41, 5.74) is 0. The molecule has 6 nitrogen and oxygen atoms in total. The minimum Gasteiger partial charge on any atom is -0.247 e. The van der Waals surface area contributed by atoms with Crippen molar-refractivity contribution in [2.24, 2.45) is 17.8 Å². The first-order valence-electron chi connectivity index (χ1n) is 12.8. The number of hydrogen-bond donors (Lipinski definition) is 0. The van der Waals surface area contributed by atoms with Gasteiger partial charge in [-0.3, -0.25) is 0 Å². The van der Waals surface area contributed by atoms with Gasteiger partial charge in [0, 0.05) is 0 Å². The van der Waals surface area contributed by atoms with Crippen molar-refractivity contribution < 1.29 is 29.1 Å². The Balaban J connectivity index is 3.90. The molecule has 0 N–H and O–H groups in total. The lowest BCUT2D eigenvalue weighted by molar-refractivity contribution is -0.348. The minimum atomic E-state index is -1.14. The molecule has 186 valence electrons. The van der Waals surface area contributed by atoms with Crippen molar-refractivity contribution in [3.63, 3.8) is 0 Å². The van der Waals surface area contributed by atoms with Crippen molar-refractivity contribution in [3.8, 4) is 0 Å². The molecule has 0 saturated heterocycles. The van der Waals surface area contributed by atoms with Crippen LogP contribution in [-0.2, 0) is 29.1 Å². The highest BCUT2D eigenvalue weighted by Gasteiger charge is 2.27. The summed E-state index contributed by atoms with van der Waals surface area (Å²) in [5.74, 6) is 2.23. The van der Waals surface area contributed by atoms with Crippen molar-refractivity contribution in [1.82, 2.24) is 0 Å². The van der Waals surface area contributed by atoms with Gasteiger partial charge < -0.3 is 0 Å². The Morgan fingerprint density at radius 2 is 0.710 bits per heavy atom. The molecule has 0 radical (unpaired) electrons. The molecule has 0 aliphatic carbocycles. The topological polar surface area (TPSA) is 55.4 Å². The van der Waals surface area contributed by atoms with Crippen LogP contribution in [0.25, 0.3) is 0 Å². The zero-order chi connectivity index (χ0) is 23.2. The molecule has 0 aliphatic rings. The van der Waals surface area contributed by atoms with E-state index in [2.05, 4.69) is 41.5 Å². The third kappa shape index (κ3) is 26.0. The van der Waals surface area contributed by atoms with Gasteiger partial charge in [0.05, 0.1) is 19.8 Å². The lowest BCUT2D eigenvalue weighted by atomic mass is 10.1. The summed E-state index contributed by atoms with van der Waals surface area (Å²) in [4.78, 5) is 31.3. The van der Waals surface area contributed by atoms with Crippen LogP contribution in [0.1, 0.15) is 119 Å². The van der Waals surface area contributed by atoms with Gasteiger partial charge >= 0.3 is 7.32 Å². The fourth-order valence-corrected chi connectivity index (χ4v) is 3.03. The van der Waals surface area contributed by atoms with Gasteiger partial charge in [-0.1, -0.05) is 99.3 Å². The van der Waals surface area contributed by atoms with Crippen LogP contribution in [0.5, 0.6) is 0 Å². The van der Waals surface area contributed by atoms with Crippen LogP contribution < -0.4 is 0 Å². The van der Waals surface area contributed by atoms with E-state index in [-0.39, 0.29) is 0 Å². The highest BCUT2D eigenvalue weighted by molar-refractivity contribution is 6.35. The maximum absolute atomic E-state index is 5.24. The molecule has 0 unspecified atom stereocenters. The van der Waals surface area contributed by atoms with Crippen molar-refractivity contribution in [3.05, 3.63) is 0 Å². The average molecular weight is 446 g/mol. The fraction of sp³-hybridized carbons (Fsp3) is 1.00. The Kier molecular flexibility index (Phi) is 22.9. The first-order chi connectivity index (χ1) is 14.9. The number of hydrogen-bond acceptors (Lipinski definition) is 6. The highest BCUT2D eigenvalue weighted by Crippen LogP contribution is 2.10. The van der Waals surface area contributed by atoms with Gasteiger partial charge in [-0.05, 0) is 37.0 Å². The molecule has 0 aliphatic heterocycles. The second kappa shape index (κ2) is 23.0. The molecular formula is C24H51BO6. The molecule has 0 aromatic carbocycles. The normalized spacial score (nSPS) is 11.9. The standard InChI is InChI=1S/C24H51BO6/c1-22(2)16-10-7-13-19-26-29-25(30-27-20-14-8-11-17-23(3)4)31-28-21-15-9-12-18-24(5)6/h22-24H,7-21H2,1-6H3. The highest BCUT2D eigenvalue weighted by atomic mass is 17.3. The van der Waals surface area contributed by atoms with Crippen LogP contribution in [0.3, 0.4) is 0 Å². The molecule has 0 spiro atoms. The summed E-state index contributed by atoms with van der Waals surface area (Å²) in [5, 5.41) is 0. The molecule has 0 amide bonds. The van der Waals surface area contributed by atoms with Crippen molar-refractivity contribution >= 4 is 7.32 Å². The first kappa shape index (κ1) is 30.8. The van der Waals surface area contributed by atoms with Gasteiger partial charge in [0.1, 0.15) is 0 Å². The van der Waals surface area contributed by atoms with E-state index < -0.39 is 7.32 Å². The van der Waals surface area contributed by atoms with Crippen LogP contribution in [-0.4, -0.2) is 27.1 Å². The molecule has 0 fully saturated rings. The fourth-order valence-electron chi connectivity index (χ4n) is 3.03. The van der Waals surface area contributed by atoms with Crippen LogP contribution in [0.15, 0.2) is 0 Å². The maximum Gasteiger partial charge on any atom is 0.725 e. The Morgan fingerprint density at radius 3 is 0.968 bits per heavy atom. The second-order valence-corrected chi connectivity index (χ2v) is 9.77. The van der Waals surface area contributed by atoms with Crippen LogP contribution >= 0.6 is 0 Å². The van der Waals surface area contributed by atoms with Crippen LogP contribution in [0.2, 0.25) is 0 Å². The molecule has 0 bridgehead atoms. The summed E-state index contributed by atoms with van der Waals surface area (Å²) in [7, 11) is -1.14. The number of unbranched alkanes of at least 4 members (excludes halogenated alkanes) is 6. The predicted molar refractivity (Wildman–Crippen MR) is 127 cm³/mol. The summed E-state index contributed by atoms with van der Waals surface area (Å²) in [6.45, 7) is 14.9. The Bertz CT molecular complexity index is 303. The van der Waals surface area contributed by atoms with Gasteiger partial charge in [0.25, 0.3) is 0 Å². The molecule has 0 rings (SSSR count). The predicted octanol–water partition coefficient (Wildman–Crippen LogP) is 7.47. The maximum atomic E-state index is 5.24. The smallest absolute Gasteiger partial charge is 0.247 e. The summed E-state index contributed by atoms with van der Waals surface area (Å²) < 4.78 is 0. The molecule has 0 atom stereocenters. The third-order valence-electron chi connectivity index (χ3n) is 4.97. The zero-order valence-corrected chi connectivity index (χ0v) is 21.4. The van der Waals surface area contributed by atoms with E-state index in [0.717, 1.165) is 56.3 Å². The van der Waals surface area contributed by atoms with Gasteiger partial charge in [-0.15, -0.1) is 0 Å². The SMILES string of the molecule is CC(C)CCCCCOOB(OOCCCCCC(C)C)OOCCCCCC(C)C. The van der Waals surface area contributed by atoms with Crippen LogP contribution in [0, 0.1) is 17.8 Å². The van der Waals surface area contributed by atoms with E-state index >= 15 is 0 Å².